The molecule has 0 saturated carbocycles. The Kier molecular flexibility index (Phi) is 7.03. The van der Waals surface area contributed by atoms with E-state index in [1.54, 1.807) is 6.07 Å². The molecule has 1 fully saturated rings. The SMILES string of the molecule is CCCCC(=O)c1ccccc1C(=O)O[C@@H]1OC(C(=O)O)[C@@H](O)C(O)C1O. The van der Waals surface area contributed by atoms with Crippen molar-refractivity contribution in [2.75, 3.05) is 0 Å². The second-order valence-electron chi connectivity index (χ2n) is 6.21. The van der Waals surface area contributed by atoms with Gasteiger partial charge in [0.05, 0.1) is 5.56 Å². The number of hydrogen-bond donors (Lipinski definition) is 4. The number of carboxylic acids is 1. The van der Waals surface area contributed by atoms with Gasteiger partial charge >= 0.3 is 11.9 Å². The Balaban J connectivity index is 2.19. The van der Waals surface area contributed by atoms with E-state index in [1.165, 1.54) is 18.2 Å². The first-order valence-corrected chi connectivity index (χ1v) is 8.53. The van der Waals surface area contributed by atoms with E-state index < -0.39 is 42.6 Å². The van der Waals surface area contributed by atoms with Crippen molar-refractivity contribution >= 4 is 17.7 Å². The maximum absolute atomic E-state index is 12.5. The zero-order valence-electron chi connectivity index (χ0n) is 14.6. The van der Waals surface area contributed by atoms with Crippen molar-refractivity contribution in [1.82, 2.24) is 0 Å². The molecular formula is C18H22O9. The van der Waals surface area contributed by atoms with Crippen molar-refractivity contribution in [2.24, 2.45) is 0 Å². The number of Topliss-reactive ketones (excluding diaryl/α,β-unsaturated/α-hetero) is 1. The lowest BCUT2D eigenvalue weighted by molar-refractivity contribution is -0.278. The second kappa shape index (κ2) is 9.05. The molecular weight excluding hydrogens is 360 g/mol. The van der Waals surface area contributed by atoms with Crippen molar-refractivity contribution in [3.8, 4) is 0 Å². The quantitative estimate of drug-likeness (QED) is 0.380. The molecule has 9 heteroatoms. The van der Waals surface area contributed by atoms with Crippen molar-refractivity contribution in [1.29, 1.82) is 0 Å². The number of ketones is 1. The molecule has 0 aliphatic carbocycles. The van der Waals surface area contributed by atoms with Crippen LogP contribution in [0.5, 0.6) is 0 Å². The number of aliphatic hydroxyl groups excluding tert-OH is 3. The monoisotopic (exact) mass is 382 g/mol. The number of rotatable bonds is 7. The second-order valence-corrected chi connectivity index (χ2v) is 6.21. The van der Waals surface area contributed by atoms with E-state index in [9.17, 15) is 29.7 Å². The van der Waals surface area contributed by atoms with Crippen LogP contribution in [0.2, 0.25) is 0 Å². The summed E-state index contributed by atoms with van der Waals surface area (Å²) >= 11 is 0. The lowest BCUT2D eigenvalue weighted by Gasteiger charge is -2.37. The minimum Gasteiger partial charge on any atom is -0.479 e. The first kappa shape index (κ1) is 21.0. The fraction of sp³-hybridized carbons (Fsp3) is 0.500. The average molecular weight is 382 g/mol. The molecule has 5 atom stereocenters. The molecule has 0 spiro atoms. The Morgan fingerprint density at radius 1 is 1.04 bits per heavy atom. The number of esters is 1. The summed E-state index contributed by atoms with van der Waals surface area (Å²) in [5.74, 6) is -2.87. The van der Waals surface area contributed by atoms with E-state index in [0.717, 1.165) is 6.42 Å². The zero-order chi connectivity index (χ0) is 20.1. The summed E-state index contributed by atoms with van der Waals surface area (Å²) in [6.45, 7) is 1.92. The maximum atomic E-state index is 12.5. The predicted octanol–water partition coefficient (Wildman–Crippen LogP) is 0.108. The normalized spacial score (nSPS) is 27.8. The number of carboxylic acid groups (broad SMARTS) is 1. The van der Waals surface area contributed by atoms with Gasteiger partial charge in [-0.15, -0.1) is 0 Å². The average Bonchev–Trinajstić information content (AvgIpc) is 2.66. The molecule has 1 heterocycles. The summed E-state index contributed by atoms with van der Waals surface area (Å²) < 4.78 is 9.90. The van der Waals surface area contributed by atoms with Gasteiger partial charge in [-0.1, -0.05) is 31.5 Å². The highest BCUT2D eigenvalue weighted by Gasteiger charge is 2.48. The Hall–Kier alpha value is -2.33. The Labute approximate surface area is 155 Å². The van der Waals surface area contributed by atoms with Crippen LogP contribution in [0.4, 0.5) is 0 Å². The molecule has 4 N–H and O–H groups in total. The minimum atomic E-state index is -1.89. The molecule has 0 amide bonds. The van der Waals surface area contributed by atoms with Gasteiger partial charge in [0.25, 0.3) is 0 Å². The number of aliphatic carboxylic acids is 1. The summed E-state index contributed by atoms with van der Waals surface area (Å²) in [6, 6.07) is 5.93. The summed E-state index contributed by atoms with van der Waals surface area (Å²) in [4.78, 5) is 35.8. The molecule has 1 aromatic carbocycles. The standard InChI is InChI=1S/C18H22O9/c1-2-3-8-11(19)9-6-4-5-7-10(9)17(25)27-18-14(22)12(20)13(21)15(26-18)16(23)24/h4-7,12-15,18,20-22H,2-3,8H2,1H3,(H,23,24)/t12?,13-,14?,15?,18-/m0/s1. The molecule has 2 rings (SSSR count). The van der Waals surface area contributed by atoms with Gasteiger partial charge in [0.15, 0.2) is 11.9 Å². The van der Waals surface area contributed by atoms with E-state index >= 15 is 0 Å². The molecule has 1 aliphatic rings. The van der Waals surface area contributed by atoms with Crippen LogP contribution in [0.1, 0.15) is 46.9 Å². The Morgan fingerprint density at radius 2 is 1.67 bits per heavy atom. The van der Waals surface area contributed by atoms with Crippen molar-refractivity contribution in [3.05, 3.63) is 35.4 Å². The number of aliphatic hydroxyl groups is 3. The summed E-state index contributed by atoms with van der Waals surface area (Å²) in [6.07, 6.45) is -7.65. The molecule has 0 radical (unpaired) electrons. The summed E-state index contributed by atoms with van der Waals surface area (Å²) in [7, 11) is 0. The fourth-order valence-corrected chi connectivity index (χ4v) is 2.69. The first-order chi connectivity index (χ1) is 12.8. The molecule has 1 aliphatic heterocycles. The molecule has 0 bridgehead atoms. The number of carbonyl (C=O) groups excluding carboxylic acids is 2. The summed E-state index contributed by atoms with van der Waals surface area (Å²) in [5.41, 5.74) is 0.0681. The molecule has 1 aromatic rings. The van der Waals surface area contributed by atoms with Crippen molar-refractivity contribution in [3.63, 3.8) is 0 Å². The number of hydrogen-bond acceptors (Lipinski definition) is 8. The van der Waals surface area contributed by atoms with Gasteiger partial charge in [-0.25, -0.2) is 9.59 Å². The van der Waals surface area contributed by atoms with Crippen molar-refractivity contribution in [2.45, 2.75) is 56.9 Å². The maximum Gasteiger partial charge on any atom is 0.341 e. The van der Waals surface area contributed by atoms with Crippen LogP contribution < -0.4 is 0 Å². The van der Waals surface area contributed by atoms with E-state index in [0.29, 0.717) is 6.42 Å². The minimum absolute atomic E-state index is 0.0677. The number of unbranched alkanes of at least 4 members (excludes halogenated alkanes) is 1. The van der Waals surface area contributed by atoms with Crippen LogP contribution in [0.3, 0.4) is 0 Å². The molecule has 27 heavy (non-hydrogen) atoms. The molecule has 0 aromatic heterocycles. The smallest absolute Gasteiger partial charge is 0.341 e. The summed E-state index contributed by atoms with van der Waals surface area (Å²) in [5, 5.41) is 38.4. The van der Waals surface area contributed by atoms with E-state index in [2.05, 4.69) is 0 Å². The van der Waals surface area contributed by atoms with Crippen LogP contribution >= 0.6 is 0 Å². The predicted molar refractivity (Wildman–Crippen MR) is 90.0 cm³/mol. The largest absolute Gasteiger partial charge is 0.479 e. The van der Waals surface area contributed by atoms with Gasteiger partial charge in [0.1, 0.15) is 18.3 Å². The fourth-order valence-electron chi connectivity index (χ4n) is 2.69. The molecule has 1 saturated heterocycles. The molecule has 148 valence electrons. The molecule has 3 unspecified atom stereocenters. The number of ether oxygens (including phenoxy) is 2. The van der Waals surface area contributed by atoms with Crippen LogP contribution in [0, 0.1) is 0 Å². The van der Waals surface area contributed by atoms with Gasteiger partial charge in [-0.2, -0.15) is 0 Å². The van der Waals surface area contributed by atoms with Gasteiger partial charge in [0.2, 0.25) is 6.29 Å². The Morgan fingerprint density at radius 3 is 2.26 bits per heavy atom. The van der Waals surface area contributed by atoms with Crippen LogP contribution in [-0.4, -0.2) is 68.9 Å². The van der Waals surface area contributed by atoms with Crippen LogP contribution in [0.25, 0.3) is 0 Å². The van der Waals surface area contributed by atoms with Crippen LogP contribution in [-0.2, 0) is 14.3 Å². The molecule has 9 nitrogen and oxygen atoms in total. The van der Waals surface area contributed by atoms with E-state index in [4.69, 9.17) is 14.6 Å². The topological polar surface area (TPSA) is 151 Å². The first-order valence-electron chi connectivity index (χ1n) is 8.53. The number of benzene rings is 1. The third-order valence-electron chi connectivity index (χ3n) is 4.24. The number of carbonyl (C=O) groups is 3. The van der Waals surface area contributed by atoms with Gasteiger partial charge in [-0.3, -0.25) is 4.79 Å². The van der Waals surface area contributed by atoms with Gasteiger partial charge < -0.3 is 29.9 Å². The highest BCUT2D eigenvalue weighted by Crippen LogP contribution is 2.24. The zero-order valence-corrected chi connectivity index (χ0v) is 14.6. The van der Waals surface area contributed by atoms with Crippen LogP contribution in [0.15, 0.2) is 24.3 Å². The van der Waals surface area contributed by atoms with E-state index in [1.807, 2.05) is 6.92 Å². The van der Waals surface area contributed by atoms with Gasteiger partial charge in [-0.05, 0) is 12.5 Å². The highest BCUT2D eigenvalue weighted by molar-refractivity contribution is 6.06. The third-order valence-corrected chi connectivity index (χ3v) is 4.24. The van der Waals surface area contributed by atoms with E-state index in [-0.39, 0.29) is 23.3 Å². The van der Waals surface area contributed by atoms with Gasteiger partial charge in [0, 0.05) is 12.0 Å². The Bertz CT molecular complexity index is 702. The van der Waals surface area contributed by atoms with Crippen molar-refractivity contribution < 1.29 is 44.3 Å². The lowest BCUT2D eigenvalue weighted by atomic mass is 9.98. The third kappa shape index (κ3) is 4.69. The highest BCUT2D eigenvalue weighted by atomic mass is 16.7. The lowest BCUT2D eigenvalue weighted by Crippen LogP contribution is -2.60.